The molecule has 1 aliphatic carbocycles. The Morgan fingerprint density at radius 2 is 2.00 bits per heavy atom. The number of aliphatic hydroxyl groups excluding tert-OH is 1. The van der Waals surface area contributed by atoms with E-state index in [1.54, 1.807) is 0 Å². The maximum atomic E-state index is 12.0. The van der Waals surface area contributed by atoms with Crippen LogP contribution in [-0.2, 0) is 4.79 Å². The zero-order chi connectivity index (χ0) is 13.7. The molecule has 1 saturated carbocycles. The number of carboxylic acid groups (broad SMARTS) is 1. The van der Waals surface area contributed by atoms with Crippen molar-refractivity contribution < 1.29 is 19.8 Å². The standard InChI is InChI=1S/C12H22N2O4/c1-8(2)7-10(11(16)17)13-12(18)14(5-6-15)9-3-4-9/h8-10,15H,3-7H2,1-2H3,(H,13,18)(H,16,17)/t10-/m0/s1. The number of aliphatic hydroxyl groups is 1. The van der Waals surface area contributed by atoms with Crippen LogP contribution in [0.4, 0.5) is 4.79 Å². The molecule has 0 aliphatic heterocycles. The minimum atomic E-state index is -1.02. The van der Waals surface area contributed by atoms with E-state index in [2.05, 4.69) is 5.32 Å². The van der Waals surface area contributed by atoms with Crippen molar-refractivity contribution in [2.75, 3.05) is 13.2 Å². The fraction of sp³-hybridized carbons (Fsp3) is 0.833. The number of hydrogen-bond donors (Lipinski definition) is 3. The molecule has 3 N–H and O–H groups in total. The van der Waals surface area contributed by atoms with Crippen molar-refractivity contribution in [3.63, 3.8) is 0 Å². The Labute approximate surface area is 107 Å². The molecule has 1 atom stereocenters. The van der Waals surface area contributed by atoms with Gasteiger partial charge in [-0.2, -0.15) is 0 Å². The maximum absolute atomic E-state index is 12.0. The molecule has 104 valence electrons. The maximum Gasteiger partial charge on any atom is 0.326 e. The summed E-state index contributed by atoms with van der Waals surface area (Å²) in [5.41, 5.74) is 0. The van der Waals surface area contributed by atoms with Crippen LogP contribution in [0.5, 0.6) is 0 Å². The van der Waals surface area contributed by atoms with Gasteiger partial charge in [0.05, 0.1) is 6.61 Å². The van der Waals surface area contributed by atoms with Crippen molar-refractivity contribution >= 4 is 12.0 Å². The molecule has 0 aromatic rings. The molecular formula is C12H22N2O4. The number of carboxylic acids is 1. The first-order valence-electron chi connectivity index (χ1n) is 6.36. The fourth-order valence-corrected chi connectivity index (χ4v) is 1.87. The number of urea groups is 1. The molecule has 1 aliphatic rings. The van der Waals surface area contributed by atoms with E-state index in [9.17, 15) is 9.59 Å². The van der Waals surface area contributed by atoms with Crippen molar-refractivity contribution in [3.05, 3.63) is 0 Å². The van der Waals surface area contributed by atoms with Gasteiger partial charge in [-0.25, -0.2) is 9.59 Å². The molecule has 2 amide bonds. The van der Waals surface area contributed by atoms with Crippen LogP contribution < -0.4 is 5.32 Å². The van der Waals surface area contributed by atoms with E-state index >= 15 is 0 Å². The van der Waals surface area contributed by atoms with Gasteiger partial charge >= 0.3 is 12.0 Å². The molecule has 0 spiro atoms. The average Bonchev–Trinajstić information content (AvgIpc) is 3.07. The zero-order valence-corrected chi connectivity index (χ0v) is 10.9. The second kappa shape index (κ2) is 6.58. The number of carbonyl (C=O) groups is 2. The van der Waals surface area contributed by atoms with Crippen LogP contribution in [-0.4, -0.2) is 52.3 Å². The van der Waals surface area contributed by atoms with Crippen LogP contribution in [0, 0.1) is 5.92 Å². The minimum absolute atomic E-state index is 0.105. The van der Waals surface area contributed by atoms with Crippen LogP contribution >= 0.6 is 0 Å². The molecule has 0 aromatic heterocycles. The first kappa shape index (κ1) is 14.8. The lowest BCUT2D eigenvalue weighted by atomic mass is 10.0. The largest absolute Gasteiger partial charge is 0.480 e. The highest BCUT2D eigenvalue weighted by Crippen LogP contribution is 2.26. The number of nitrogens with zero attached hydrogens (tertiary/aromatic N) is 1. The zero-order valence-electron chi connectivity index (χ0n) is 10.9. The highest BCUT2D eigenvalue weighted by molar-refractivity contribution is 5.82. The summed E-state index contributed by atoms with van der Waals surface area (Å²) >= 11 is 0. The molecule has 6 heteroatoms. The van der Waals surface area contributed by atoms with Crippen molar-refractivity contribution in [2.24, 2.45) is 5.92 Å². The molecular weight excluding hydrogens is 236 g/mol. The van der Waals surface area contributed by atoms with Crippen molar-refractivity contribution in [1.82, 2.24) is 10.2 Å². The van der Waals surface area contributed by atoms with Gasteiger partial charge in [0.15, 0.2) is 0 Å². The Bertz CT molecular complexity index is 302. The normalized spacial score (nSPS) is 16.4. The predicted molar refractivity (Wildman–Crippen MR) is 66.2 cm³/mol. The van der Waals surface area contributed by atoms with Crippen LogP contribution in [0.25, 0.3) is 0 Å². The van der Waals surface area contributed by atoms with Crippen LogP contribution in [0.15, 0.2) is 0 Å². The topological polar surface area (TPSA) is 89.9 Å². The number of aliphatic carboxylic acids is 1. The summed E-state index contributed by atoms with van der Waals surface area (Å²) in [6.45, 7) is 3.97. The third-order valence-corrected chi connectivity index (χ3v) is 2.89. The van der Waals surface area contributed by atoms with Gasteiger partial charge in [0.1, 0.15) is 6.04 Å². The summed E-state index contributed by atoms with van der Waals surface area (Å²) < 4.78 is 0. The van der Waals surface area contributed by atoms with Gasteiger partial charge in [-0.05, 0) is 25.2 Å². The number of nitrogens with one attached hydrogen (secondary N) is 1. The van der Waals surface area contributed by atoms with E-state index in [1.807, 2.05) is 13.8 Å². The van der Waals surface area contributed by atoms with Crippen molar-refractivity contribution in [1.29, 1.82) is 0 Å². The number of carbonyl (C=O) groups excluding carboxylic acids is 1. The van der Waals surface area contributed by atoms with E-state index in [4.69, 9.17) is 10.2 Å². The Morgan fingerprint density at radius 1 is 1.39 bits per heavy atom. The van der Waals surface area contributed by atoms with E-state index in [-0.39, 0.29) is 31.1 Å². The molecule has 0 saturated heterocycles. The number of hydrogen-bond acceptors (Lipinski definition) is 3. The number of rotatable bonds is 7. The molecule has 1 fully saturated rings. The predicted octanol–water partition coefficient (Wildman–Crippen LogP) is 0.652. The van der Waals surface area contributed by atoms with Crippen LogP contribution in [0.2, 0.25) is 0 Å². The summed E-state index contributed by atoms with van der Waals surface area (Å²) in [7, 11) is 0. The highest BCUT2D eigenvalue weighted by atomic mass is 16.4. The molecule has 0 unspecified atom stereocenters. The summed E-state index contributed by atoms with van der Waals surface area (Å²) in [6, 6.07) is -1.09. The molecule has 0 aromatic carbocycles. The third kappa shape index (κ3) is 4.52. The Morgan fingerprint density at radius 3 is 2.39 bits per heavy atom. The lowest BCUT2D eigenvalue weighted by Crippen LogP contribution is -2.49. The lowest BCUT2D eigenvalue weighted by Gasteiger charge is -2.25. The first-order chi connectivity index (χ1) is 8.45. The quantitative estimate of drug-likeness (QED) is 0.625. The van der Waals surface area contributed by atoms with E-state index < -0.39 is 12.0 Å². The SMILES string of the molecule is CC(C)C[C@H](NC(=O)N(CCO)C1CC1)C(=O)O. The van der Waals surface area contributed by atoms with E-state index in [1.165, 1.54) is 4.90 Å². The molecule has 18 heavy (non-hydrogen) atoms. The van der Waals surface area contributed by atoms with Gasteiger partial charge in [0.25, 0.3) is 0 Å². The van der Waals surface area contributed by atoms with Crippen LogP contribution in [0.1, 0.15) is 33.1 Å². The summed E-state index contributed by atoms with van der Waals surface area (Å²) in [4.78, 5) is 24.5. The van der Waals surface area contributed by atoms with Crippen molar-refractivity contribution in [3.8, 4) is 0 Å². The van der Waals surface area contributed by atoms with Crippen LogP contribution in [0.3, 0.4) is 0 Å². The van der Waals surface area contributed by atoms with Gasteiger partial charge in [0, 0.05) is 12.6 Å². The van der Waals surface area contributed by atoms with Gasteiger partial charge in [-0.15, -0.1) is 0 Å². The molecule has 1 rings (SSSR count). The highest BCUT2D eigenvalue weighted by Gasteiger charge is 2.33. The molecule has 0 radical (unpaired) electrons. The minimum Gasteiger partial charge on any atom is -0.480 e. The van der Waals surface area contributed by atoms with Gasteiger partial charge in [-0.3, -0.25) is 0 Å². The van der Waals surface area contributed by atoms with E-state index in [0.717, 1.165) is 12.8 Å². The third-order valence-electron chi connectivity index (χ3n) is 2.89. The summed E-state index contributed by atoms with van der Waals surface area (Å²) in [5.74, 6) is -0.824. The smallest absolute Gasteiger partial charge is 0.326 e. The van der Waals surface area contributed by atoms with Gasteiger partial charge < -0.3 is 20.4 Å². The fourth-order valence-electron chi connectivity index (χ4n) is 1.87. The van der Waals surface area contributed by atoms with Gasteiger partial charge in [-0.1, -0.05) is 13.8 Å². The molecule has 0 bridgehead atoms. The number of amides is 2. The van der Waals surface area contributed by atoms with E-state index in [0.29, 0.717) is 6.42 Å². The Hall–Kier alpha value is -1.30. The molecule has 0 heterocycles. The van der Waals surface area contributed by atoms with Gasteiger partial charge in [0.2, 0.25) is 0 Å². The summed E-state index contributed by atoms with van der Waals surface area (Å²) in [5, 5.41) is 20.5. The second-order valence-corrected chi connectivity index (χ2v) is 5.12. The molecule has 6 nitrogen and oxygen atoms in total. The van der Waals surface area contributed by atoms with Crippen molar-refractivity contribution in [2.45, 2.75) is 45.2 Å². The monoisotopic (exact) mass is 258 g/mol. The first-order valence-corrected chi connectivity index (χ1v) is 6.36. The lowest BCUT2D eigenvalue weighted by molar-refractivity contribution is -0.139. The average molecular weight is 258 g/mol. The summed E-state index contributed by atoms with van der Waals surface area (Å²) in [6.07, 6.45) is 2.25. The second-order valence-electron chi connectivity index (χ2n) is 5.12. The Balaban J connectivity index is 2.55. The Kier molecular flexibility index (Phi) is 5.40.